The lowest BCUT2D eigenvalue weighted by molar-refractivity contribution is 0.348. The third kappa shape index (κ3) is 5.14. The first-order valence-corrected chi connectivity index (χ1v) is 11.4. The number of nitrogens with one attached hydrogen (secondary N) is 1. The van der Waals surface area contributed by atoms with Gasteiger partial charge in [0, 0.05) is 24.1 Å². The molecule has 0 unspecified atom stereocenters. The summed E-state index contributed by atoms with van der Waals surface area (Å²) >= 11 is 0. The number of benzene rings is 1. The van der Waals surface area contributed by atoms with Crippen LogP contribution < -0.4 is 18.9 Å². The Morgan fingerprint density at radius 2 is 1.71 bits per heavy atom. The molecule has 3 heterocycles. The van der Waals surface area contributed by atoms with Crippen LogP contribution in [-0.2, 0) is 10.0 Å². The van der Waals surface area contributed by atoms with Crippen molar-refractivity contribution in [2.24, 2.45) is 0 Å². The van der Waals surface area contributed by atoms with Gasteiger partial charge in [-0.3, -0.25) is 9.71 Å². The molecule has 180 valence electrons. The molecule has 35 heavy (non-hydrogen) atoms. The van der Waals surface area contributed by atoms with Gasteiger partial charge < -0.3 is 14.2 Å². The summed E-state index contributed by atoms with van der Waals surface area (Å²) in [7, 11) is -10.8. The van der Waals surface area contributed by atoms with Crippen LogP contribution in [0.1, 0.15) is 22.1 Å². The molecule has 0 atom stereocenters. The van der Waals surface area contributed by atoms with Crippen LogP contribution in [0.15, 0.2) is 66.0 Å². The number of pyridine rings is 2. The van der Waals surface area contributed by atoms with Gasteiger partial charge >= 0.3 is 0 Å². The van der Waals surface area contributed by atoms with Crippen molar-refractivity contribution in [3.05, 3.63) is 72.1 Å². The van der Waals surface area contributed by atoms with Gasteiger partial charge in [-0.15, -0.1) is 0 Å². The zero-order chi connectivity index (χ0) is 31.7. The maximum atomic E-state index is 13.6. The monoisotopic (exact) mass is 501 g/mol. The predicted molar refractivity (Wildman–Crippen MR) is 129 cm³/mol. The van der Waals surface area contributed by atoms with E-state index < -0.39 is 52.6 Å². The number of ether oxygens (including phenoxy) is 3. The Morgan fingerprint density at radius 3 is 2.46 bits per heavy atom. The Balaban J connectivity index is 1.97. The fourth-order valence-electron chi connectivity index (χ4n) is 2.82. The normalized spacial score (nSPS) is 15.1. The van der Waals surface area contributed by atoms with Crippen LogP contribution in [0, 0.1) is 13.8 Å². The third-order valence-electron chi connectivity index (χ3n) is 4.71. The second-order valence-corrected chi connectivity index (χ2v) is 8.63. The van der Waals surface area contributed by atoms with E-state index in [4.69, 9.17) is 25.2 Å². The third-order valence-corrected chi connectivity index (χ3v) is 5.87. The van der Waals surface area contributed by atoms with E-state index in [2.05, 4.69) is 24.7 Å². The number of nitrogens with zero attached hydrogens (tertiary/aromatic N) is 4. The van der Waals surface area contributed by atoms with E-state index >= 15 is 0 Å². The van der Waals surface area contributed by atoms with Gasteiger partial charge in [0.1, 0.15) is 0 Å². The molecule has 4 rings (SSSR count). The molecule has 0 saturated heterocycles. The van der Waals surface area contributed by atoms with Crippen molar-refractivity contribution in [2.45, 2.75) is 18.9 Å². The predicted octanol–water partition coefficient (Wildman–Crippen LogP) is 4.16. The average molecular weight is 502 g/mol. The molecule has 10 nitrogen and oxygen atoms in total. The summed E-state index contributed by atoms with van der Waals surface area (Å²) in [4.78, 5) is 16.0. The zero-order valence-corrected chi connectivity index (χ0v) is 19.2. The summed E-state index contributed by atoms with van der Waals surface area (Å²) in [5.74, 6) is -2.88. The molecule has 1 aromatic carbocycles. The molecule has 4 aromatic rings. The summed E-state index contributed by atoms with van der Waals surface area (Å²) in [5, 5.41) is -0.806. The molecule has 11 heteroatoms. The van der Waals surface area contributed by atoms with E-state index in [1.807, 2.05) is 0 Å². The number of rotatable bonds is 8. The molecule has 0 fully saturated rings. The first kappa shape index (κ1) is 15.6. The van der Waals surface area contributed by atoms with Gasteiger partial charge in [0.2, 0.25) is 5.75 Å². The van der Waals surface area contributed by atoms with Gasteiger partial charge in [-0.2, -0.15) is 13.4 Å². The van der Waals surface area contributed by atoms with Gasteiger partial charge in [0.25, 0.3) is 15.9 Å². The zero-order valence-electron chi connectivity index (χ0n) is 26.4. The highest BCUT2D eigenvalue weighted by Gasteiger charge is 2.25. The second-order valence-electron chi connectivity index (χ2n) is 7.03. The van der Waals surface area contributed by atoms with Crippen LogP contribution in [0.4, 0.5) is 5.82 Å². The standard InChI is InChI=1S/C24H23N5O5S/c1-15-13-20(26-14-16(15)2)35(30,31)29-23-21(34-19-8-6-5-7-18(19)32-3)24(33-4)28-22(27-23)17-9-11-25-12-10-17/h5-14H,1-4H3,(H,27,28,29)/i3D3,4D3,13D,14D. The Kier molecular flexibility index (Phi) is 4.43. The summed E-state index contributed by atoms with van der Waals surface area (Å²) in [5.41, 5.74) is 0.774. The molecule has 1 N–H and O–H groups in total. The lowest BCUT2D eigenvalue weighted by Crippen LogP contribution is -2.17. The lowest BCUT2D eigenvalue weighted by atomic mass is 10.2. The summed E-state index contributed by atoms with van der Waals surface area (Å²) < 4.78 is 107. The number of para-hydroxylation sites is 2. The highest BCUT2D eigenvalue weighted by molar-refractivity contribution is 7.92. The maximum Gasteiger partial charge on any atom is 0.280 e. The van der Waals surface area contributed by atoms with E-state index in [-0.39, 0.29) is 34.6 Å². The molecule has 0 bridgehead atoms. The Bertz CT molecular complexity index is 1770. The minimum Gasteiger partial charge on any atom is -0.493 e. The number of sulfonamides is 1. The van der Waals surface area contributed by atoms with Crippen molar-refractivity contribution in [2.75, 3.05) is 18.8 Å². The maximum absolute atomic E-state index is 13.6. The summed E-state index contributed by atoms with van der Waals surface area (Å²) in [6, 6.07) is 7.86. The minimum absolute atomic E-state index is 0.194. The van der Waals surface area contributed by atoms with Crippen molar-refractivity contribution in [3.63, 3.8) is 0 Å². The first-order chi connectivity index (χ1) is 19.9. The van der Waals surface area contributed by atoms with Crippen molar-refractivity contribution in [1.82, 2.24) is 19.9 Å². The van der Waals surface area contributed by atoms with E-state index in [0.29, 0.717) is 5.56 Å². The molecular weight excluding hydrogens is 470 g/mol. The molecule has 0 radical (unpaired) electrons. The van der Waals surface area contributed by atoms with Crippen molar-refractivity contribution in [3.8, 4) is 34.5 Å². The Labute approximate surface area is 214 Å². The van der Waals surface area contributed by atoms with Crippen LogP contribution in [-0.4, -0.2) is 42.4 Å². The molecule has 0 aliphatic rings. The Morgan fingerprint density at radius 1 is 0.971 bits per heavy atom. The molecule has 0 aliphatic carbocycles. The molecule has 0 aliphatic heterocycles. The molecule has 3 aromatic heterocycles. The van der Waals surface area contributed by atoms with Crippen LogP contribution in [0.25, 0.3) is 11.4 Å². The van der Waals surface area contributed by atoms with Gasteiger partial charge in [0.15, 0.2) is 28.2 Å². The molecule has 0 amide bonds. The van der Waals surface area contributed by atoms with Crippen molar-refractivity contribution in [1.29, 1.82) is 0 Å². The largest absolute Gasteiger partial charge is 0.493 e. The topological polar surface area (TPSA) is 125 Å². The van der Waals surface area contributed by atoms with E-state index in [0.717, 1.165) is 0 Å². The van der Waals surface area contributed by atoms with E-state index in [1.54, 1.807) is 0 Å². The SMILES string of the molecule is [2H]c1nc(S(=O)(=O)Nc2nc(-c3ccncc3)nc(OC([2H])([2H])[2H])c2Oc2ccccc2OC([2H])([2H])[2H])c([2H])c(C)c1C. The van der Waals surface area contributed by atoms with E-state index in [9.17, 15) is 8.42 Å². The summed E-state index contributed by atoms with van der Waals surface area (Å²) in [6.45, 7) is 2.97. The molecule has 0 saturated carbocycles. The lowest BCUT2D eigenvalue weighted by Gasteiger charge is -2.17. The average Bonchev–Trinajstić information content (AvgIpc) is 2.90. The van der Waals surface area contributed by atoms with Crippen LogP contribution >= 0.6 is 0 Å². The minimum atomic E-state index is -4.79. The van der Waals surface area contributed by atoms with Crippen LogP contribution in [0.2, 0.25) is 0 Å². The number of methoxy groups -OCH3 is 2. The number of hydrogen-bond acceptors (Lipinski definition) is 9. The number of anilines is 1. The second kappa shape index (κ2) is 9.94. The van der Waals surface area contributed by atoms with Gasteiger partial charge in [-0.1, -0.05) is 12.1 Å². The molecular formula is C24H23N5O5S. The highest BCUT2D eigenvalue weighted by atomic mass is 32.2. The highest BCUT2D eigenvalue weighted by Crippen LogP contribution is 2.41. The Hall–Kier alpha value is -4.25. The van der Waals surface area contributed by atoms with Gasteiger partial charge in [-0.25, -0.2) is 9.97 Å². The van der Waals surface area contributed by atoms with Crippen molar-refractivity contribution < 1.29 is 33.6 Å². The van der Waals surface area contributed by atoms with Crippen LogP contribution in [0.5, 0.6) is 23.1 Å². The van der Waals surface area contributed by atoms with Gasteiger partial charge in [-0.05, 0) is 55.3 Å². The fourth-order valence-corrected chi connectivity index (χ4v) is 3.77. The number of hydrogen-bond donors (Lipinski definition) is 1. The quantitative estimate of drug-likeness (QED) is 0.379. The van der Waals surface area contributed by atoms with E-state index in [1.165, 1.54) is 62.6 Å². The van der Waals surface area contributed by atoms with Crippen LogP contribution in [0.3, 0.4) is 0 Å². The molecule has 0 spiro atoms. The van der Waals surface area contributed by atoms with Crippen molar-refractivity contribution >= 4 is 15.8 Å². The fraction of sp³-hybridized carbons (Fsp3) is 0.167. The first-order valence-electron chi connectivity index (χ1n) is 13.9. The summed E-state index contributed by atoms with van der Waals surface area (Å²) in [6.07, 6.45) is 2.40. The smallest absolute Gasteiger partial charge is 0.280 e. The van der Waals surface area contributed by atoms with Gasteiger partial charge in [0.05, 0.1) is 25.0 Å². The number of aromatic nitrogens is 4.